The Kier molecular flexibility index (Phi) is 21.2. The molecule has 19 aromatic carbocycles. The van der Waals surface area contributed by atoms with E-state index in [1.165, 1.54) is 169 Å². The van der Waals surface area contributed by atoms with Crippen molar-refractivity contribution in [3.05, 3.63) is 430 Å². The normalized spacial score (nSPS) is 11.7. The van der Waals surface area contributed by atoms with Crippen LogP contribution in [0.1, 0.15) is 0 Å². The number of fused-ring (bicyclic) bond motifs is 27. The maximum absolute atomic E-state index is 6.20. The monoisotopic (exact) mass is 1990 g/mol. The highest BCUT2D eigenvalue weighted by Crippen LogP contribution is 2.49. The van der Waals surface area contributed by atoms with Gasteiger partial charge < -0.3 is 13.6 Å². The molecule has 0 spiro atoms. The Morgan fingerprint density at radius 1 is 0.258 bits per heavy atom. The van der Waals surface area contributed by atoms with Gasteiger partial charge in [-0.2, -0.15) is 4.98 Å². The third kappa shape index (κ3) is 14.7. The van der Waals surface area contributed by atoms with E-state index < -0.39 is 0 Å². The average molecular weight is 2000 g/mol. The van der Waals surface area contributed by atoms with Crippen LogP contribution in [-0.2, 0) is 0 Å². The molecule has 0 aliphatic rings. The second kappa shape index (κ2) is 34.3. The summed E-state index contributed by atoms with van der Waals surface area (Å²) >= 11 is 30.6. The van der Waals surface area contributed by atoms with Gasteiger partial charge in [0, 0.05) is 155 Å². The van der Waals surface area contributed by atoms with Crippen molar-refractivity contribution < 1.29 is 4.42 Å². The Hall–Kier alpha value is -13.6. The minimum atomic E-state index is 0.289. The van der Waals surface area contributed by atoms with Crippen molar-refractivity contribution in [2.24, 2.45) is 0 Å². The van der Waals surface area contributed by atoms with Gasteiger partial charge in [0.25, 0.3) is 0 Å². The fourth-order valence-electron chi connectivity index (χ4n) is 18.8. The molecule has 16 heteroatoms. The molecule has 0 atom stereocenters. The molecule has 0 amide bonds. The molecule has 0 aliphatic heterocycles. The number of halogens is 5. The van der Waals surface area contributed by atoms with Crippen molar-refractivity contribution in [3.8, 4) is 56.4 Å². The Balaban J connectivity index is 0.0000000918. The van der Waals surface area contributed by atoms with Gasteiger partial charge >= 0.3 is 0 Å². The number of hydrogen-bond donors (Lipinski definition) is 0. The van der Waals surface area contributed by atoms with Crippen LogP contribution in [0.4, 0.5) is 0 Å². The smallest absolute Gasteiger partial charge is 0.231 e. The molecule has 7 nitrogen and oxygen atoms in total. The molecule has 0 radical (unpaired) electrons. The number of benzene rings is 19. The number of rotatable bonds is 6. The summed E-state index contributed by atoms with van der Waals surface area (Å²) in [5, 5.41) is 26.1. The molecule has 0 bridgehead atoms. The molecule has 9 aromatic heterocycles. The maximum atomic E-state index is 6.20. The first-order chi connectivity index (χ1) is 65.0. The van der Waals surface area contributed by atoms with Gasteiger partial charge in [-0.15, -0.1) is 45.3 Å². The van der Waals surface area contributed by atoms with Crippen LogP contribution in [0.25, 0.3) is 235 Å². The van der Waals surface area contributed by atoms with Gasteiger partial charge in [0.1, 0.15) is 10.4 Å². The summed E-state index contributed by atoms with van der Waals surface area (Å²) in [6, 6.07) is 143. The van der Waals surface area contributed by atoms with Crippen LogP contribution < -0.4 is 0 Å². The van der Waals surface area contributed by atoms with Crippen molar-refractivity contribution in [1.29, 1.82) is 0 Å². The molecule has 0 fully saturated rings. The Morgan fingerprint density at radius 2 is 0.742 bits per heavy atom. The molecule has 28 aromatic rings. The number of furan rings is 1. The zero-order valence-electron chi connectivity index (χ0n) is 69.8. The van der Waals surface area contributed by atoms with Crippen LogP contribution in [-0.4, -0.2) is 29.1 Å². The Morgan fingerprint density at radius 3 is 1.39 bits per heavy atom. The van der Waals surface area contributed by atoms with Gasteiger partial charge in [-0.3, -0.25) is 0 Å². The van der Waals surface area contributed by atoms with Crippen LogP contribution in [0.5, 0.6) is 0 Å². The van der Waals surface area contributed by atoms with Crippen molar-refractivity contribution >= 4 is 295 Å². The lowest BCUT2D eigenvalue weighted by molar-refractivity contribution is 0.653. The summed E-state index contributed by atoms with van der Waals surface area (Å²) in [6.07, 6.45) is 0. The van der Waals surface area contributed by atoms with Gasteiger partial charge in [-0.25, -0.2) is 15.0 Å². The molecule has 132 heavy (non-hydrogen) atoms. The summed E-state index contributed by atoms with van der Waals surface area (Å²) in [4.78, 5) is 19.5. The first kappa shape index (κ1) is 81.6. The van der Waals surface area contributed by atoms with Gasteiger partial charge in [-0.1, -0.05) is 320 Å². The fourth-order valence-corrected chi connectivity index (χ4v) is 25.0. The van der Waals surface area contributed by atoms with Gasteiger partial charge in [0.15, 0.2) is 5.82 Å². The van der Waals surface area contributed by atoms with E-state index in [2.05, 4.69) is 381 Å². The highest BCUT2D eigenvalue weighted by Gasteiger charge is 2.24. The van der Waals surface area contributed by atoms with Crippen molar-refractivity contribution in [1.82, 2.24) is 29.1 Å². The Bertz CT molecular complexity index is 9460. The molecular formula is C116H67Br3Cl2N6OS4. The van der Waals surface area contributed by atoms with E-state index in [0.717, 1.165) is 68.1 Å². The molecule has 0 N–H and O–H groups in total. The minimum absolute atomic E-state index is 0.289. The first-order valence-corrected chi connectivity index (χ1v) is 49.5. The summed E-state index contributed by atoms with van der Waals surface area (Å²) in [5.74, 6) is 0.595. The molecule has 0 saturated carbocycles. The van der Waals surface area contributed by atoms with E-state index in [-0.39, 0.29) is 5.28 Å². The topological polar surface area (TPSA) is 74.6 Å². The lowest BCUT2D eigenvalue weighted by Gasteiger charge is -2.08. The van der Waals surface area contributed by atoms with Crippen LogP contribution in [0.3, 0.4) is 0 Å². The van der Waals surface area contributed by atoms with E-state index >= 15 is 0 Å². The summed E-state index contributed by atoms with van der Waals surface area (Å²) in [6.45, 7) is 0. The molecule has 0 saturated heterocycles. The molecule has 9 heterocycles. The SMILES string of the molecule is Brc1ccc2c(c1)c1cc3c(ccc4c5ccccc5sc34)cc1n2-c1ccccc1.Brc1ccc2c(c1)c1cc3c(ccc4sc5ccccc5c43)cc1n2-c1ccccc1.Brc1cccc(-c2cccc3c2sc2ccccc23)c1.Clc1cccc(-c2nc(-c3ccccc3)c3c(n2)oc2ccccc23)c1.Clc1nc(-c2ccccc2)c2c(n1)sc1ccc3ccccc3c12. The Labute approximate surface area is 807 Å². The van der Waals surface area contributed by atoms with Crippen LogP contribution in [0.2, 0.25) is 10.3 Å². The van der Waals surface area contributed by atoms with Crippen molar-refractivity contribution in [2.45, 2.75) is 0 Å². The largest absolute Gasteiger partial charge is 0.438 e. The molecule has 28 rings (SSSR count). The molecular weight excluding hydrogens is 1930 g/mol. The molecule has 0 unspecified atom stereocenters. The summed E-state index contributed by atoms with van der Waals surface area (Å²) in [5.41, 5.74) is 16.0. The second-order valence-corrected chi connectivity index (χ2v) is 40.2. The van der Waals surface area contributed by atoms with Crippen molar-refractivity contribution in [3.63, 3.8) is 0 Å². The van der Waals surface area contributed by atoms with Crippen LogP contribution in [0.15, 0.2) is 424 Å². The average Bonchev–Trinajstić information content (AvgIpc) is 1.56. The number of nitrogens with zero attached hydrogens (tertiary/aromatic N) is 6. The third-order valence-corrected chi connectivity index (χ3v) is 31.1. The summed E-state index contributed by atoms with van der Waals surface area (Å²) < 4.78 is 23.4. The quantitative estimate of drug-likeness (QED) is 0.155. The van der Waals surface area contributed by atoms with Crippen molar-refractivity contribution in [2.75, 3.05) is 0 Å². The van der Waals surface area contributed by atoms with E-state index in [9.17, 15) is 0 Å². The van der Waals surface area contributed by atoms with Gasteiger partial charge in [-0.05, 0) is 195 Å². The molecule has 0 aliphatic carbocycles. The van der Waals surface area contributed by atoms with E-state index in [1.807, 2.05) is 131 Å². The van der Waals surface area contributed by atoms with E-state index in [1.54, 1.807) is 11.3 Å². The minimum Gasteiger partial charge on any atom is -0.438 e. The van der Waals surface area contributed by atoms with E-state index in [0.29, 0.717) is 16.6 Å². The number of thiophene rings is 4. The standard InChI is InChI=1S/2C28H16BrNS.C22H13ClN2O.C20H11ClN2S.C18H11BrS/c29-18-11-12-24-22(15-18)23-16-21-17(14-25(23)30(24)19-6-2-1-3-7-19)10-13-27-28(21)20-8-4-5-9-26(20)31-27;29-18-11-13-25-23(15-18)24-16-22-17(14-26(24)30(25)19-6-2-1-3-7-19)10-12-21-20-8-4-5-9-27(20)31-28(21)22;23-16-10-6-9-15(13-16)21-24-20(14-7-2-1-3-8-14)19-17-11-4-5-12-18(17)26-22(19)25-21;21-20-22-18(13-7-2-1-3-8-13)17-16-14-9-5-4-6-12(14)10-11-15(16)24-19(17)23-20;19-13-6-3-5-12(11-13)14-8-4-9-16-15-7-1-2-10-17(15)20-18(14)16/h2*1-16H;1-13H;1-11H;1-11H. The lowest BCUT2D eigenvalue weighted by atomic mass is 10.0. The van der Waals surface area contributed by atoms with E-state index in [4.69, 9.17) is 32.6 Å². The highest BCUT2D eigenvalue weighted by atomic mass is 79.9. The number of hydrogen-bond acceptors (Lipinski definition) is 9. The molecule has 626 valence electrons. The fraction of sp³-hybridized carbons (Fsp3) is 0. The lowest BCUT2D eigenvalue weighted by Crippen LogP contribution is -1.93. The van der Waals surface area contributed by atoms with Gasteiger partial charge in [0.2, 0.25) is 11.0 Å². The first-order valence-electron chi connectivity index (χ1n) is 43.1. The van der Waals surface area contributed by atoms with Gasteiger partial charge in [0.05, 0.1) is 38.8 Å². The predicted molar refractivity (Wildman–Crippen MR) is 578 cm³/mol. The number of aromatic nitrogens is 6. The van der Waals surface area contributed by atoms with Crippen LogP contribution in [0, 0.1) is 0 Å². The second-order valence-electron chi connectivity index (χ2n) is 32.4. The number of para-hydroxylation sites is 3. The zero-order valence-corrected chi connectivity index (χ0v) is 79.3. The highest BCUT2D eigenvalue weighted by molar-refractivity contribution is 9.11. The third-order valence-electron chi connectivity index (χ3n) is 24.6. The summed E-state index contributed by atoms with van der Waals surface area (Å²) in [7, 11) is 0. The predicted octanol–water partition coefficient (Wildman–Crippen LogP) is 37.3. The maximum Gasteiger partial charge on any atom is 0.231 e. The zero-order chi connectivity index (χ0) is 88.2. The van der Waals surface area contributed by atoms with Crippen LogP contribution >= 0.6 is 116 Å².